The maximum Gasteiger partial charge on any atom is 0.401 e. The molecule has 2 saturated heterocycles. The number of carboxylic acid groups (broad SMARTS) is 1. The van der Waals surface area contributed by atoms with Crippen molar-refractivity contribution in [1.82, 2.24) is 14.7 Å². The maximum atomic E-state index is 14.7. The fourth-order valence-corrected chi connectivity index (χ4v) is 7.57. The molecule has 14 heteroatoms. The van der Waals surface area contributed by atoms with Crippen molar-refractivity contribution in [3.63, 3.8) is 0 Å². The third kappa shape index (κ3) is 7.96. The Balaban J connectivity index is 1.24. The molecule has 2 aliphatic heterocycles. The third-order valence-electron chi connectivity index (χ3n) is 9.83. The van der Waals surface area contributed by atoms with E-state index >= 15 is 0 Å². The Morgan fingerprint density at radius 3 is 2.27 bits per heavy atom. The first-order valence-corrected chi connectivity index (χ1v) is 17.1. The average molecular weight is 705 g/mol. The van der Waals surface area contributed by atoms with Gasteiger partial charge in [-0.2, -0.15) is 13.2 Å². The van der Waals surface area contributed by atoms with Crippen LogP contribution >= 0.6 is 11.6 Å². The first kappa shape index (κ1) is 35.3. The number of fused-ring (bicyclic) bond motifs is 1. The summed E-state index contributed by atoms with van der Waals surface area (Å²) in [6.07, 6.45) is 0.00533. The summed E-state index contributed by atoms with van der Waals surface area (Å²) in [5.41, 5.74) is 1.87. The number of halogens is 4. The average Bonchev–Trinajstić information content (AvgIpc) is 3.76. The van der Waals surface area contributed by atoms with Crippen molar-refractivity contribution in [2.75, 3.05) is 51.1 Å². The minimum absolute atomic E-state index is 0.0793. The highest BCUT2D eigenvalue weighted by Gasteiger charge is 2.53. The van der Waals surface area contributed by atoms with E-state index in [0.29, 0.717) is 66.6 Å². The highest BCUT2D eigenvalue weighted by Crippen LogP contribution is 2.37. The number of amides is 1. The second-order valence-corrected chi connectivity index (χ2v) is 13.5. The number of hydrogen-bond donors (Lipinski definition) is 2. The van der Waals surface area contributed by atoms with Gasteiger partial charge in [0.1, 0.15) is 11.8 Å². The summed E-state index contributed by atoms with van der Waals surface area (Å²) < 4.78 is 52.0. The van der Waals surface area contributed by atoms with Crippen LogP contribution in [0, 0.1) is 5.92 Å². The third-order valence-corrected chi connectivity index (χ3v) is 10.1. The van der Waals surface area contributed by atoms with Crippen molar-refractivity contribution in [1.29, 1.82) is 0 Å². The molecule has 2 N–H and O–H groups in total. The van der Waals surface area contributed by atoms with Gasteiger partial charge in [0.25, 0.3) is 5.91 Å². The Hall–Kier alpha value is -3.49. The topological polar surface area (TPSA) is 116 Å². The van der Waals surface area contributed by atoms with Gasteiger partial charge in [0.15, 0.2) is 5.78 Å². The first-order valence-electron chi connectivity index (χ1n) is 16.7. The summed E-state index contributed by atoms with van der Waals surface area (Å²) in [6, 6.07) is 12.1. The second-order valence-electron chi connectivity index (χ2n) is 13.1. The number of carbonyl (C=O) groups excluding carboxylic acids is 2. The monoisotopic (exact) mass is 704 g/mol. The van der Waals surface area contributed by atoms with E-state index < -0.39 is 42.5 Å². The predicted octanol–water partition coefficient (Wildman–Crippen LogP) is 6.04. The summed E-state index contributed by atoms with van der Waals surface area (Å²) in [6.45, 7) is 0.742. The number of furan rings is 1. The van der Waals surface area contributed by atoms with Crippen LogP contribution in [0.4, 0.5) is 18.9 Å². The van der Waals surface area contributed by atoms with Gasteiger partial charge in [-0.25, -0.2) is 0 Å². The van der Waals surface area contributed by atoms with Crippen LogP contribution in [0.2, 0.25) is 5.02 Å². The van der Waals surface area contributed by atoms with E-state index in [1.165, 1.54) is 11.2 Å². The number of nitrogens with one attached hydrogen (secondary N) is 1. The highest BCUT2D eigenvalue weighted by molar-refractivity contribution is 6.34. The zero-order chi connectivity index (χ0) is 34.8. The molecule has 1 amide bonds. The van der Waals surface area contributed by atoms with Crippen LogP contribution in [0.15, 0.2) is 53.1 Å². The first-order chi connectivity index (χ1) is 23.4. The lowest BCUT2D eigenvalue weighted by molar-refractivity contribution is -0.262. The van der Waals surface area contributed by atoms with E-state index in [1.807, 2.05) is 21.9 Å². The van der Waals surface area contributed by atoms with Gasteiger partial charge in [-0.05, 0) is 62.3 Å². The van der Waals surface area contributed by atoms with Gasteiger partial charge < -0.3 is 19.6 Å². The van der Waals surface area contributed by atoms with Gasteiger partial charge in [0, 0.05) is 51.1 Å². The molecular formula is C35H40ClF3N4O6. The molecule has 3 aliphatic rings. The molecule has 2 aromatic carbocycles. The Morgan fingerprint density at radius 1 is 0.939 bits per heavy atom. The van der Waals surface area contributed by atoms with E-state index in [2.05, 4.69) is 5.32 Å². The fraction of sp³-hybridized carbons (Fsp3) is 0.514. The van der Waals surface area contributed by atoms with Gasteiger partial charge in [0.05, 0.1) is 34.8 Å². The molecule has 1 aromatic heterocycles. The normalized spacial score (nSPS) is 22.6. The number of likely N-dealkylation sites (tertiary alicyclic amines) is 1. The number of aliphatic carboxylic acids is 1. The smallest absolute Gasteiger partial charge is 0.401 e. The Kier molecular flexibility index (Phi) is 10.7. The number of ketones is 1. The number of rotatable bonds is 11. The molecular weight excluding hydrogens is 665 g/mol. The number of carbonyl (C=O) groups is 3. The summed E-state index contributed by atoms with van der Waals surface area (Å²) in [4.78, 5) is 44.7. The standard InChI is InChI=1S/C35H40ClF3N4O6/c36-28-19-23(7-12-29(28)40-32(45)27-21-48-30-6-2-1-5-26(27)30)20-31(44)35(42-13-3-4-14-42,49-25-10-8-24(9-11-25)33(46)47)43-17-15-41(16-18-43)22-34(37,38)39/h1-2,5-7,12,19,21,24-25H,3-4,8-11,13-18,20,22H2,(H,40,45)(H,46,47). The molecule has 1 aliphatic carbocycles. The summed E-state index contributed by atoms with van der Waals surface area (Å²) >= 11 is 6.64. The molecule has 6 rings (SSSR count). The van der Waals surface area contributed by atoms with Crippen LogP contribution in [0.5, 0.6) is 0 Å². The Bertz CT molecular complexity index is 1660. The van der Waals surface area contributed by atoms with Crippen LogP contribution in [0.25, 0.3) is 11.0 Å². The van der Waals surface area contributed by atoms with Crippen molar-refractivity contribution < 1.29 is 41.8 Å². The number of anilines is 1. The zero-order valence-corrected chi connectivity index (χ0v) is 27.8. The number of Topliss-reactive ketones (excluding diaryl/α,β-unsaturated/α-hetero) is 1. The highest BCUT2D eigenvalue weighted by atomic mass is 35.5. The van der Waals surface area contributed by atoms with Gasteiger partial charge in [-0.3, -0.25) is 29.1 Å². The quantitative estimate of drug-likeness (QED) is 0.247. The van der Waals surface area contributed by atoms with E-state index in [0.717, 1.165) is 12.8 Å². The van der Waals surface area contributed by atoms with Gasteiger partial charge >= 0.3 is 12.1 Å². The van der Waals surface area contributed by atoms with Crippen LogP contribution in [0.1, 0.15) is 54.4 Å². The number of alkyl halides is 3. The lowest BCUT2D eigenvalue weighted by atomic mass is 9.87. The number of carboxylic acids is 1. The van der Waals surface area contributed by atoms with Crippen LogP contribution in [-0.2, 0) is 20.7 Å². The van der Waals surface area contributed by atoms with Crippen molar-refractivity contribution >= 4 is 45.9 Å². The minimum Gasteiger partial charge on any atom is -0.481 e. The maximum absolute atomic E-state index is 14.7. The van der Waals surface area contributed by atoms with Crippen LogP contribution < -0.4 is 5.32 Å². The molecule has 0 radical (unpaired) electrons. The van der Waals surface area contributed by atoms with E-state index in [-0.39, 0.29) is 43.4 Å². The molecule has 3 aromatic rings. The number of hydrogen-bond acceptors (Lipinski definition) is 8. The lowest BCUT2D eigenvalue weighted by Crippen LogP contribution is -2.71. The number of ether oxygens (including phenoxy) is 1. The Morgan fingerprint density at radius 2 is 1.61 bits per heavy atom. The summed E-state index contributed by atoms with van der Waals surface area (Å²) in [5, 5.41) is 13.2. The van der Waals surface area contributed by atoms with Gasteiger partial charge in [0.2, 0.25) is 5.85 Å². The van der Waals surface area contributed by atoms with Crippen molar-refractivity contribution in [2.24, 2.45) is 5.92 Å². The number of piperazine rings is 1. The molecule has 1 atom stereocenters. The number of para-hydroxylation sites is 1. The molecule has 10 nitrogen and oxygen atoms in total. The molecule has 3 heterocycles. The molecule has 264 valence electrons. The summed E-state index contributed by atoms with van der Waals surface area (Å²) in [5.74, 6) is -3.54. The SMILES string of the molecule is O=C(Nc1ccc(CC(=O)C(OC2CCC(C(=O)O)CC2)(N2CCCC2)N2CCN(CC(F)(F)F)CC2)cc1Cl)c1coc2ccccc12. The Labute approximate surface area is 287 Å². The van der Waals surface area contributed by atoms with Gasteiger partial charge in [-0.15, -0.1) is 0 Å². The van der Waals surface area contributed by atoms with Crippen LogP contribution in [-0.4, -0.2) is 101 Å². The largest absolute Gasteiger partial charge is 0.481 e. The molecule has 1 saturated carbocycles. The van der Waals surface area contributed by atoms with Crippen molar-refractivity contribution in [2.45, 2.75) is 63.1 Å². The zero-order valence-electron chi connectivity index (χ0n) is 27.0. The number of benzene rings is 2. The lowest BCUT2D eigenvalue weighted by Gasteiger charge is -2.52. The van der Waals surface area contributed by atoms with E-state index in [4.69, 9.17) is 20.8 Å². The van der Waals surface area contributed by atoms with E-state index in [1.54, 1.807) is 30.3 Å². The molecule has 0 bridgehead atoms. The number of nitrogens with zero attached hydrogens (tertiary/aromatic N) is 3. The molecule has 49 heavy (non-hydrogen) atoms. The van der Waals surface area contributed by atoms with Crippen LogP contribution in [0.3, 0.4) is 0 Å². The second kappa shape index (κ2) is 14.8. The minimum atomic E-state index is -4.33. The summed E-state index contributed by atoms with van der Waals surface area (Å²) in [7, 11) is 0. The van der Waals surface area contributed by atoms with Gasteiger partial charge in [-0.1, -0.05) is 35.9 Å². The van der Waals surface area contributed by atoms with Crippen molar-refractivity contribution in [3.8, 4) is 0 Å². The molecule has 3 fully saturated rings. The molecule has 1 unspecified atom stereocenters. The predicted molar refractivity (Wildman–Crippen MR) is 176 cm³/mol. The van der Waals surface area contributed by atoms with E-state index in [9.17, 15) is 32.7 Å². The fourth-order valence-electron chi connectivity index (χ4n) is 7.32. The molecule has 0 spiro atoms. The van der Waals surface area contributed by atoms with Crippen molar-refractivity contribution in [3.05, 3.63) is 64.9 Å².